The quantitative estimate of drug-likeness (QED) is 0.845. The molecule has 2 rings (SSSR count). The molecule has 16 heavy (non-hydrogen) atoms. The molecule has 0 saturated heterocycles. The molecule has 0 spiro atoms. The molecular formula is C12H14N2S2. The van der Waals surface area contributed by atoms with Gasteiger partial charge in [-0.1, -0.05) is 17.7 Å². The van der Waals surface area contributed by atoms with Gasteiger partial charge in [-0.3, -0.25) is 0 Å². The van der Waals surface area contributed by atoms with Crippen molar-refractivity contribution < 1.29 is 0 Å². The normalized spacial score (nSPS) is 10.6. The molecule has 0 saturated carbocycles. The van der Waals surface area contributed by atoms with Crippen LogP contribution >= 0.6 is 23.1 Å². The predicted octanol–water partition coefficient (Wildman–Crippen LogP) is 3.63. The van der Waals surface area contributed by atoms with Crippen LogP contribution in [0.5, 0.6) is 0 Å². The van der Waals surface area contributed by atoms with Crippen molar-refractivity contribution in [3.05, 3.63) is 39.7 Å². The minimum Gasteiger partial charge on any atom is -0.383 e. The molecule has 84 valence electrons. The molecule has 0 aliphatic heterocycles. The Kier molecular flexibility index (Phi) is 3.51. The lowest BCUT2D eigenvalue weighted by atomic mass is 10.2. The van der Waals surface area contributed by atoms with E-state index >= 15 is 0 Å². The van der Waals surface area contributed by atoms with Gasteiger partial charge in [-0.25, -0.2) is 4.98 Å². The largest absolute Gasteiger partial charge is 0.383 e. The highest BCUT2D eigenvalue weighted by Gasteiger charge is 2.04. The van der Waals surface area contributed by atoms with E-state index in [2.05, 4.69) is 36.2 Å². The van der Waals surface area contributed by atoms with Crippen LogP contribution in [-0.4, -0.2) is 4.98 Å². The Morgan fingerprint density at radius 2 is 1.94 bits per heavy atom. The van der Waals surface area contributed by atoms with Gasteiger partial charge in [-0.15, -0.1) is 23.1 Å². The van der Waals surface area contributed by atoms with Crippen LogP contribution in [-0.2, 0) is 5.75 Å². The number of thiazole rings is 1. The Hall–Kier alpha value is -1.00. The number of aryl methyl sites for hydroxylation is 2. The highest BCUT2D eigenvalue weighted by molar-refractivity contribution is 7.98. The summed E-state index contributed by atoms with van der Waals surface area (Å²) in [5, 5.41) is 1.10. The van der Waals surface area contributed by atoms with Crippen molar-refractivity contribution >= 4 is 28.9 Å². The summed E-state index contributed by atoms with van der Waals surface area (Å²) < 4.78 is 0. The smallest absolute Gasteiger partial charge is 0.137 e. The molecule has 0 atom stereocenters. The van der Waals surface area contributed by atoms with Crippen LogP contribution in [0.25, 0.3) is 0 Å². The van der Waals surface area contributed by atoms with E-state index < -0.39 is 0 Å². The van der Waals surface area contributed by atoms with Gasteiger partial charge in [0.05, 0.1) is 5.75 Å². The first kappa shape index (κ1) is 11.5. The summed E-state index contributed by atoms with van der Waals surface area (Å²) in [5.74, 6) is 1.57. The zero-order valence-corrected chi connectivity index (χ0v) is 11.0. The summed E-state index contributed by atoms with van der Waals surface area (Å²) in [7, 11) is 0. The van der Waals surface area contributed by atoms with E-state index in [0.29, 0.717) is 5.82 Å². The SMILES string of the molecule is Cc1ccc(SCc2nc(N)c(C)s2)cc1. The maximum Gasteiger partial charge on any atom is 0.137 e. The molecule has 2 N–H and O–H groups in total. The van der Waals surface area contributed by atoms with Crippen LogP contribution in [0.1, 0.15) is 15.4 Å². The van der Waals surface area contributed by atoms with Gasteiger partial charge in [0, 0.05) is 9.77 Å². The Morgan fingerprint density at radius 3 is 2.50 bits per heavy atom. The molecule has 2 aromatic rings. The number of nitrogens with two attached hydrogens (primary N) is 1. The molecule has 0 unspecified atom stereocenters. The summed E-state index contributed by atoms with van der Waals surface area (Å²) in [6, 6.07) is 8.54. The molecule has 0 bridgehead atoms. The zero-order chi connectivity index (χ0) is 11.5. The fraction of sp³-hybridized carbons (Fsp3) is 0.250. The van der Waals surface area contributed by atoms with Crippen LogP contribution in [0.15, 0.2) is 29.2 Å². The van der Waals surface area contributed by atoms with Crippen molar-refractivity contribution in [3.63, 3.8) is 0 Å². The van der Waals surface area contributed by atoms with Gasteiger partial charge in [0.15, 0.2) is 0 Å². The first-order valence-electron chi connectivity index (χ1n) is 5.06. The second-order valence-corrected chi connectivity index (χ2v) is 5.99. The fourth-order valence-electron chi connectivity index (χ4n) is 1.31. The van der Waals surface area contributed by atoms with Crippen molar-refractivity contribution in [1.29, 1.82) is 0 Å². The Bertz CT molecular complexity index is 455. The summed E-state index contributed by atoms with van der Waals surface area (Å²) >= 11 is 3.48. The minimum absolute atomic E-state index is 0.671. The molecule has 0 radical (unpaired) electrons. The topological polar surface area (TPSA) is 38.9 Å². The Balaban J connectivity index is 1.99. The van der Waals surface area contributed by atoms with Crippen molar-refractivity contribution in [3.8, 4) is 0 Å². The van der Waals surface area contributed by atoms with Gasteiger partial charge in [0.2, 0.25) is 0 Å². The molecular weight excluding hydrogens is 236 g/mol. The standard InChI is InChI=1S/C12H14N2S2/c1-8-3-5-10(6-4-8)15-7-11-14-12(13)9(2)16-11/h3-6H,7,13H2,1-2H3. The Morgan fingerprint density at radius 1 is 1.25 bits per heavy atom. The average molecular weight is 250 g/mol. The zero-order valence-electron chi connectivity index (χ0n) is 9.36. The molecule has 1 aromatic heterocycles. The lowest BCUT2D eigenvalue weighted by molar-refractivity contribution is 1.26. The minimum atomic E-state index is 0.671. The number of nitrogen functional groups attached to an aromatic ring is 1. The highest BCUT2D eigenvalue weighted by Crippen LogP contribution is 2.27. The molecule has 0 aliphatic carbocycles. The van der Waals surface area contributed by atoms with Gasteiger partial charge in [-0.2, -0.15) is 0 Å². The van der Waals surface area contributed by atoms with E-state index in [0.717, 1.165) is 15.6 Å². The first-order chi connectivity index (χ1) is 7.65. The lowest BCUT2D eigenvalue weighted by Gasteiger charge is -1.99. The van der Waals surface area contributed by atoms with E-state index in [9.17, 15) is 0 Å². The number of rotatable bonds is 3. The summed E-state index contributed by atoms with van der Waals surface area (Å²) in [6.07, 6.45) is 0. The summed E-state index contributed by atoms with van der Waals surface area (Å²) in [4.78, 5) is 6.70. The second kappa shape index (κ2) is 4.89. The molecule has 1 aromatic carbocycles. The predicted molar refractivity (Wildman–Crippen MR) is 72.0 cm³/mol. The molecule has 0 fully saturated rings. The van der Waals surface area contributed by atoms with Crippen LogP contribution in [0.4, 0.5) is 5.82 Å². The Labute approximate surface area is 104 Å². The van der Waals surface area contributed by atoms with Crippen LogP contribution < -0.4 is 5.73 Å². The van der Waals surface area contributed by atoms with Crippen molar-refractivity contribution in [2.45, 2.75) is 24.5 Å². The number of anilines is 1. The molecule has 0 aliphatic rings. The number of hydrogen-bond acceptors (Lipinski definition) is 4. The van der Waals surface area contributed by atoms with Gasteiger partial charge in [0.25, 0.3) is 0 Å². The monoisotopic (exact) mass is 250 g/mol. The van der Waals surface area contributed by atoms with E-state index in [1.165, 1.54) is 10.5 Å². The third kappa shape index (κ3) is 2.77. The second-order valence-electron chi connectivity index (χ2n) is 3.65. The van der Waals surface area contributed by atoms with Crippen LogP contribution in [0.2, 0.25) is 0 Å². The van der Waals surface area contributed by atoms with Gasteiger partial charge in [-0.05, 0) is 26.0 Å². The van der Waals surface area contributed by atoms with E-state index in [4.69, 9.17) is 5.73 Å². The number of nitrogens with zero attached hydrogens (tertiary/aromatic N) is 1. The van der Waals surface area contributed by atoms with Gasteiger partial charge in [0.1, 0.15) is 10.8 Å². The fourth-order valence-corrected chi connectivity index (χ4v) is 3.05. The van der Waals surface area contributed by atoms with E-state index in [1.807, 2.05) is 6.92 Å². The van der Waals surface area contributed by atoms with Crippen molar-refractivity contribution in [2.24, 2.45) is 0 Å². The van der Waals surface area contributed by atoms with E-state index in [-0.39, 0.29) is 0 Å². The summed E-state index contributed by atoms with van der Waals surface area (Å²) in [5.41, 5.74) is 7.01. The lowest BCUT2D eigenvalue weighted by Crippen LogP contribution is -1.86. The molecule has 4 heteroatoms. The van der Waals surface area contributed by atoms with E-state index in [1.54, 1.807) is 23.1 Å². The average Bonchev–Trinajstić information content (AvgIpc) is 2.58. The van der Waals surface area contributed by atoms with Crippen molar-refractivity contribution in [1.82, 2.24) is 4.98 Å². The number of aromatic nitrogens is 1. The molecule has 2 nitrogen and oxygen atoms in total. The number of hydrogen-bond donors (Lipinski definition) is 1. The van der Waals surface area contributed by atoms with Crippen LogP contribution in [0, 0.1) is 13.8 Å². The molecule has 0 amide bonds. The number of thioether (sulfide) groups is 1. The van der Waals surface area contributed by atoms with Gasteiger partial charge >= 0.3 is 0 Å². The van der Waals surface area contributed by atoms with Crippen molar-refractivity contribution in [2.75, 3.05) is 5.73 Å². The third-order valence-electron chi connectivity index (χ3n) is 2.26. The summed E-state index contributed by atoms with van der Waals surface area (Å²) in [6.45, 7) is 4.10. The maximum atomic E-state index is 5.72. The maximum absolute atomic E-state index is 5.72. The third-order valence-corrected chi connectivity index (χ3v) is 4.45. The van der Waals surface area contributed by atoms with Crippen LogP contribution in [0.3, 0.4) is 0 Å². The highest BCUT2D eigenvalue weighted by atomic mass is 32.2. The number of benzene rings is 1. The van der Waals surface area contributed by atoms with Gasteiger partial charge < -0.3 is 5.73 Å². The first-order valence-corrected chi connectivity index (χ1v) is 6.86. The molecule has 1 heterocycles.